The second kappa shape index (κ2) is 10.2. The van der Waals surface area contributed by atoms with Gasteiger partial charge < -0.3 is 19.3 Å². The van der Waals surface area contributed by atoms with E-state index in [0.29, 0.717) is 24.6 Å². The Labute approximate surface area is 166 Å². The molecule has 160 valence electrons. The van der Waals surface area contributed by atoms with Crippen molar-refractivity contribution in [2.45, 2.75) is 45.2 Å². The maximum absolute atomic E-state index is 13.0. The lowest BCUT2D eigenvalue weighted by Crippen LogP contribution is -2.15. The predicted molar refractivity (Wildman–Crippen MR) is 98.8 cm³/mol. The Morgan fingerprint density at radius 2 is 2.03 bits per heavy atom. The summed E-state index contributed by atoms with van der Waals surface area (Å²) in [7, 11) is 1.48. The standard InChI is InChI=1S/C19H24F3N3O4/c1-12(2)18-24-17(29-25-18)6-4-5-16(26)23-14-11-13(19(20,21)22)7-8-15(14)28-10-9-27-3/h7-8,11-12H,4-6,9-10H2,1-3H3,(H,23,26). The van der Waals surface area contributed by atoms with Gasteiger partial charge in [0.25, 0.3) is 0 Å². The number of carbonyl (C=O) groups excluding carboxylic acids is 1. The monoisotopic (exact) mass is 415 g/mol. The lowest BCUT2D eigenvalue weighted by atomic mass is 10.1. The molecular weight excluding hydrogens is 391 g/mol. The Balaban J connectivity index is 1.98. The molecule has 0 spiro atoms. The van der Waals surface area contributed by atoms with Gasteiger partial charge in [-0.15, -0.1) is 0 Å². The van der Waals surface area contributed by atoms with E-state index >= 15 is 0 Å². The van der Waals surface area contributed by atoms with Gasteiger partial charge in [0.05, 0.1) is 17.9 Å². The van der Waals surface area contributed by atoms with Crippen LogP contribution in [0.5, 0.6) is 5.75 Å². The molecule has 2 rings (SSSR count). The Morgan fingerprint density at radius 1 is 1.28 bits per heavy atom. The topological polar surface area (TPSA) is 86.5 Å². The number of methoxy groups -OCH3 is 1. The van der Waals surface area contributed by atoms with Gasteiger partial charge in [0.15, 0.2) is 5.82 Å². The minimum atomic E-state index is -4.53. The number of carbonyl (C=O) groups is 1. The number of hydrogen-bond donors (Lipinski definition) is 1. The summed E-state index contributed by atoms with van der Waals surface area (Å²) in [5, 5.41) is 6.33. The van der Waals surface area contributed by atoms with Crippen molar-refractivity contribution in [3.63, 3.8) is 0 Å². The molecule has 2 aromatic rings. The fourth-order valence-electron chi connectivity index (χ4n) is 2.38. The number of nitrogens with one attached hydrogen (secondary N) is 1. The van der Waals surface area contributed by atoms with Gasteiger partial charge in [-0.3, -0.25) is 4.79 Å². The van der Waals surface area contributed by atoms with Crippen molar-refractivity contribution in [2.24, 2.45) is 0 Å². The van der Waals surface area contributed by atoms with E-state index in [0.717, 1.165) is 12.1 Å². The third-order valence-corrected chi connectivity index (χ3v) is 3.92. The van der Waals surface area contributed by atoms with Gasteiger partial charge in [-0.2, -0.15) is 18.2 Å². The number of nitrogens with zero attached hydrogens (tertiary/aromatic N) is 2. The number of amides is 1. The van der Waals surface area contributed by atoms with Crippen molar-refractivity contribution >= 4 is 11.6 Å². The first-order chi connectivity index (χ1) is 13.7. The van der Waals surface area contributed by atoms with E-state index in [1.54, 1.807) is 0 Å². The summed E-state index contributed by atoms with van der Waals surface area (Å²) in [6.45, 7) is 4.27. The summed E-state index contributed by atoms with van der Waals surface area (Å²) in [5.41, 5.74) is -0.917. The Morgan fingerprint density at radius 3 is 2.66 bits per heavy atom. The fraction of sp³-hybridized carbons (Fsp3) is 0.526. The molecule has 0 saturated heterocycles. The van der Waals surface area contributed by atoms with Crippen LogP contribution >= 0.6 is 0 Å². The molecule has 29 heavy (non-hydrogen) atoms. The van der Waals surface area contributed by atoms with Gasteiger partial charge in [-0.1, -0.05) is 19.0 Å². The van der Waals surface area contributed by atoms with Crippen molar-refractivity contribution in [1.82, 2.24) is 10.1 Å². The van der Waals surface area contributed by atoms with Gasteiger partial charge in [-0.05, 0) is 24.6 Å². The van der Waals surface area contributed by atoms with Crippen LogP contribution in [0.4, 0.5) is 18.9 Å². The summed E-state index contributed by atoms with van der Waals surface area (Å²) in [4.78, 5) is 16.4. The molecule has 1 amide bonds. The van der Waals surface area contributed by atoms with E-state index in [1.807, 2.05) is 13.8 Å². The average Bonchev–Trinajstić information content (AvgIpc) is 3.11. The van der Waals surface area contributed by atoms with E-state index in [4.69, 9.17) is 14.0 Å². The number of alkyl halides is 3. The summed E-state index contributed by atoms with van der Waals surface area (Å²) in [6, 6.07) is 2.94. The smallest absolute Gasteiger partial charge is 0.416 e. The molecule has 1 aromatic carbocycles. The molecule has 10 heteroatoms. The molecule has 0 aliphatic carbocycles. The maximum Gasteiger partial charge on any atom is 0.416 e. The van der Waals surface area contributed by atoms with Crippen molar-refractivity contribution in [3.05, 3.63) is 35.5 Å². The summed E-state index contributed by atoms with van der Waals surface area (Å²) >= 11 is 0. The van der Waals surface area contributed by atoms with Crippen molar-refractivity contribution in [2.75, 3.05) is 25.6 Å². The highest BCUT2D eigenvalue weighted by Crippen LogP contribution is 2.35. The molecule has 0 unspecified atom stereocenters. The minimum absolute atomic E-state index is 0.0409. The highest BCUT2D eigenvalue weighted by molar-refractivity contribution is 5.92. The predicted octanol–water partition coefficient (Wildman–Crippen LogP) is 4.20. The lowest BCUT2D eigenvalue weighted by molar-refractivity contribution is -0.137. The number of aromatic nitrogens is 2. The van der Waals surface area contributed by atoms with Crippen LogP contribution in [-0.4, -0.2) is 36.4 Å². The first-order valence-electron chi connectivity index (χ1n) is 9.16. The third kappa shape index (κ3) is 7.04. The van der Waals surface area contributed by atoms with Crippen molar-refractivity contribution in [1.29, 1.82) is 0 Å². The van der Waals surface area contributed by atoms with E-state index in [9.17, 15) is 18.0 Å². The summed E-state index contributed by atoms with van der Waals surface area (Å²) in [5.74, 6) is 0.843. The molecule has 0 aliphatic rings. The van der Waals surface area contributed by atoms with E-state index in [1.165, 1.54) is 13.2 Å². The number of halogens is 3. The molecule has 1 heterocycles. The second-order valence-electron chi connectivity index (χ2n) is 6.65. The molecule has 0 fully saturated rings. The molecule has 1 N–H and O–H groups in total. The molecule has 0 atom stereocenters. The number of anilines is 1. The highest BCUT2D eigenvalue weighted by Gasteiger charge is 2.31. The van der Waals surface area contributed by atoms with Crippen LogP contribution in [0.1, 0.15) is 49.9 Å². The minimum Gasteiger partial charge on any atom is -0.489 e. The SMILES string of the molecule is COCCOc1ccc(C(F)(F)F)cc1NC(=O)CCCc1nc(C(C)C)no1. The van der Waals surface area contributed by atoms with E-state index in [-0.39, 0.29) is 37.0 Å². The van der Waals surface area contributed by atoms with Crippen LogP contribution in [0.15, 0.2) is 22.7 Å². The summed E-state index contributed by atoms with van der Waals surface area (Å²) < 4.78 is 54.4. The number of rotatable bonds is 10. The molecule has 0 bridgehead atoms. The van der Waals surface area contributed by atoms with E-state index < -0.39 is 17.6 Å². The summed E-state index contributed by atoms with van der Waals surface area (Å²) in [6.07, 6.45) is -3.65. The van der Waals surface area contributed by atoms with Gasteiger partial charge >= 0.3 is 6.18 Å². The Bertz CT molecular complexity index is 806. The molecule has 7 nitrogen and oxygen atoms in total. The van der Waals surface area contributed by atoms with Crippen LogP contribution in [0.3, 0.4) is 0 Å². The Hall–Kier alpha value is -2.62. The lowest BCUT2D eigenvalue weighted by Gasteiger charge is -2.15. The second-order valence-corrected chi connectivity index (χ2v) is 6.65. The third-order valence-electron chi connectivity index (χ3n) is 3.92. The highest BCUT2D eigenvalue weighted by atomic mass is 19.4. The zero-order valence-corrected chi connectivity index (χ0v) is 16.5. The van der Waals surface area contributed by atoms with Gasteiger partial charge in [0, 0.05) is 25.9 Å². The zero-order valence-electron chi connectivity index (χ0n) is 16.5. The van der Waals surface area contributed by atoms with Crippen LogP contribution in [0, 0.1) is 0 Å². The zero-order chi connectivity index (χ0) is 21.4. The van der Waals surface area contributed by atoms with Crippen LogP contribution in [0.25, 0.3) is 0 Å². The molecule has 0 saturated carbocycles. The molecule has 0 radical (unpaired) electrons. The van der Waals surface area contributed by atoms with Gasteiger partial charge in [0.1, 0.15) is 12.4 Å². The molecule has 1 aromatic heterocycles. The first-order valence-corrected chi connectivity index (χ1v) is 9.16. The quantitative estimate of drug-likeness (QED) is 0.586. The number of hydrogen-bond acceptors (Lipinski definition) is 6. The number of benzene rings is 1. The first kappa shape index (κ1) is 22.7. The fourth-order valence-corrected chi connectivity index (χ4v) is 2.38. The van der Waals surface area contributed by atoms with Gasteiger partial charge in [-0.25, -0.2) is 0 Å². The average molecular weight is 415 g/mol. The largest absolute Gasteiger partial charge is 0.489 e. The van der Waals surface area contributed by atoms with Crippen molar-refractivity contribution < 1.29 is 32.0 Å². The van der Waals surface area contributed by atoms with E-state index in [2.05, 4.69) is 15.5 Å². The maximum atomic E-state index is 13.0. The normalized spacial score (nSPS) is 11.7. The van der Waals surface area contributed by atoms with Crippen LogP contribution in [-0.2, 0) is 22.1 Å². The van der Waals surface area contributed by atoms with Crippen LogP contribution in [0.2, 0.25) is 0 Å². The molecular formula is C19H24F3N3O4. The van der Waals surface area contributed by atoms with Crippen LogP contribution < -0.4 is 10.1 Å². The van der Waals surface area contributed by atoms with Gasteiger partial charge in [0.2, 0.25) is 11.8 Å². The van der Waals surface area contributed by atoms with Crippen molar-refractivity contribution in [3.8, 4) is 5.75 Å². The Kier molecular flexibility index (Phi) is 8.00. The molecule has 0 aliphatic heterocycles. The number of ether oxygens (including phenoxy) is 2. The number of aryl methyl sites for hydroxylation is 1.